The van der Waals surface area contributed by atoms with Gasteiger partial charge in [0.05, 0.1) is 39.2 Å². The van der Waals surface area contributed by atoms with E-state index in [1.165, 1.54) is 37.5 Å². The number of nitrogens with zero attached hydrogens (tertiary/aromatic N) is 1. The Bertz CT molecular complexity index is 2590. The predicted molar refractivity (Wildman–Crippen MR) is 241 cm³/mol. The number of esters is 2. The lowest BCUT2D eigenvalue weighted by atomic mass is 9.49. The summed E-state index contributed by atoms with van der Waals surface area (Å²) in [6.07, 6.45) is 7.31. The van der Waals surface area contributed by atoms with E-state index in [-0.39, 0.29) is 59.0 Å². The third kappa shape index (κ3) is 9.61. The Morgan fingerprint density at radius 1 is 0.672 bits per heavy atom. The number of benzene rings is 5. The second kappa shape index (κ2) is 18.3. The van der Waals surface area contributed by atoms with Gasteiger partial charge in [-0.1, -0.05) is 91.0 Å². The minimum absolute atomic E-state index is 0.00206. The van der Waals surface area contributed by atoms with Crippen molar-refractivity contribution in [3.05, 3.63) is 166 Å². The third-order valence-electron chi connectivity index (χ3n) is 13.1. The quantitative estimate of drug-likeness (QED) is 0.0744. The molecule has 4 N–H and O–H groups in total. The highest BCUT2D eigenvalue weighted by Gasteiger charge is 2.50. The molecule has 4 bridgehead atoms. The first-order valence-corrected chi connectivity index (χ1v) is 22.1. The molecule has 1 unspecified atom stereocenters. The summed E-state index contributed by atoms with van der Waals surface area (Å²) in [6, 6.07) is 34.9. The van der Waals surface area contributed by atoms with Gasteiger partial charge in [0.1, 0.15) is 19.0 Å². The number of H-pyrrole nitrogens is 1. The second-order valence-corrected chi connectivity index (χ2v) is 17.9. The number of hydrogen-bond donors (Lipinski definition) is 4. The number of anilines is 1. The number of aromatic amines is 1. The minimum atomic E-state index is -0.933. The number of imidazole rings is 1. The number of aromatic nitrogens is 2. The molecule has 12 nitrogen and oxygen atoms in total. The lowest BCUT2D eigenvalue weighted by molar-refractivity contribution is -0.117. The normalized spacial score (nSPS) is 20.0. The van der Waals surface area contributed by atoms with Crippen LogP contribution in [0.5, 0.6) is 0 Å². The molecule has 1 heterocycles. The molecule has 1 aromatic heterocycles. The highest BCUT2D eigenvalue weighted by atomic mass is 16.5. The average Bonchev–Trinajstić information content (AvgIpc) is 3.68. The first-order valence-electron chi connectivity index (χ1n) is 22.1. The van der Waals surface area contributed by atoms with Gasteiger partial charge in [-0.25, -0.2) is 14.6 Å². The molecule has 4 aliphatic rings. The van der Waals surface area contributed by atoms with Crippen molar-refractivity contribution in [1.29, 1.82) is 0 Å². The van der Waals surface area contributed by atoms with E-state index in [4.69, 9.17) is 9.47 Å². The zero-order valence-corrected chi connectivity index (χ0v) is 35.7. The molecule has 1 atom stereocenters. The zero-order chi connectivity index (χ0) is 44.2. The summed E-state index contributed by atoms with van der Waals surface area (Å²) in [5, 5.41) is 9.06. The fourth-order valence-corrected chi connectivity index (χ4v) is 10.5. The number of rotatable bonds is 15. The molecular weight excluding hydrogens is 807 g/mol. The highest BCUT2D eigenvalue weighted by Crippen LogP contribution is 2.59. The van der Waals surface area contributed by atoms with Crippen molar-refractivity contribution in [3.63, 3.8) is 0 Å². The number of aryl methyl sites for hydroxylation is 1. The summed E-state index contributed by atoms with van der Waals surface area (Å²) in [7, 11) is 0. The standard InChI is InChI=1S/C52H51N5O7/c1-32-55-45-23-42(43(24-46(45)56-32)48(59)54-31-52-25-35-17-36(26-52)19-37(18-35)27-52)47(58)53-28-44(38-15-9-4-10-16-38)49(60)57-41-21-39(50(61)63-29-33-11-5-2-6-12-33)20-40(22-41)51(62)64-30-34-13-7-3-8-14-34/h2-16,20-24,35-37,44H,17-19,25-31H2,1H3,(H,53,58)(H,54,59)(H,55,56)(H,57,60). The number of ether oxygens (including phenoxy) is 2. The molecule has 0 aliphatic heterocycles. The van der Waals surface area contributed by atoms with Crippen LogP contribution in [0.25, 0.3) is 11.0 Å². The number of fused-ring (bicyclic) bond motifs is 1. The summed E-state index contributed by atoms with van der Waals surface area (Å²) in [5.41, 5.74) is 4.03. The van der Waals surface area contributed by atoms with Crippen LogP contribution in [0.1, 0.15) is 108 Å². The average molecular weight is 858 g/mol. The molecule has 0 spiro atoms. The number of carbonyl (C=O) groups is 5. The van der Waals surface area contributed by atoms with Gasteiger partial charge in [0.2, 0.25) is 5.91 Å². The summed E-state index contributed by atoms with van der Waals surface area (Å²) >= 11 is 0. The predicted octanol–water partition coefficient (Wildman–Crippen LogP) is 8.68. The van der Waals surface area contributed by atoms with Crippen LogP contribution in [0, 0.1) is 30.1 Å². The number of amides is 3. The molecule has 3 amide bonds. The molecule has 5 aromatic carbocycles. The van der Waals surface area contributed by atoms with Gasteiger partial charge < -0.3 is 30.4 Å². The third-order valence-corrected chi connectivity index (χ3v) is 13.1. The van der Waals surface area contributed by atoms with E-state index in [1.807, 2.05) is 73.7 Å². The SMILES string of the molecule is Cc1nc2cc(C(=O)NCC(C(=O)Nc3cc(C(=O)OCc4ccccc4)cc(C(=O)OCc4ccccc4)c3)c3ccccc3)c(C(=O)NCC34CC5CC(CC(C5)C3)C4)cc2[nH]1. The number of nitrogens with one attached hydrogen (secondary N) is 4. The largest absolute Gasteiger partial charge is 0.457 e. The summed E-state index contributed by atoms with van der Waals surface area (Å²) in [6.45, 7) is 2.24. The molecule has 4 fully saturated rings. The van der Waals surface area contributed by atoms with Crippen LogP contribution in [-0.4, -0.2) is 52.7 Å². The van der Waals surface area contributed by atoms with Crippen molar-refractivity contribution in [2.75, 3.05) is 18.4 Å². The molecule has 0 radical (unpaired) electrons. The monoisotopic (exact) mass is 857 g/mol. The van der Waals surface area contributed by atoms with Crippen molar-refractivity contribution in [2.24, 2.45) is 23.2 Å². The van der Waals surface area contributed by atoms with Crippen molar-refractivity contribution in [1.82, 2.24) is 20.6 Å². The van der Waals surface area contributed by atoms with Gasteiger partial charge in [0, 0.05) is 18.8 Å². The Hall–Kier alpha value is -7.08. The molecule has 4 aliphatic carbocycles. The van der Waals surface area contributed by atoms with Crippen molar-refractivity contribution >= 4 is 46.4 Å². The van der Waals surface area contributed by atoms with Crippen LogP contribution in [0.2, 0.25) is 0 Å². The molecular formula is C52H51N5O7. The number of hydrogen-bond acceptors (Lipinski definition) is 8. The lowest BCUT2D eigenvalue weighted by Crippen LogP contribution is -2.51. The van der Waals surface area contributed by atoms with E-state index in [0.717, 1.165) is 48.1 Å². The number of carbonyl (C=O) groups excluding carboxylic acids is 5. The maximum atomic E-state index is 14.4. The maximum absolute atomic E-state index is 14.4. The van der Waals surface area contributed by atoms with E-state index in [2.05, 4.69) is 25.9 Å². The van der Waals surface area contributed by atoms with Crippen LogP contribution < -0.4 is 16.0 Å². The Morgan fingerprint density at radius 2 is 1.19 bits per heavy atom. The fraction of sp³-hybridized carbons (Fsp3) is 0.308. The van der Waals surface area contributed by atoms with E-state index in [0.29, 0.717) is 29.0 Å². The van der Waals surface area contributed by atoms with Crippen LogP contribution in [0.15, 0.2) is 121 Å². The Kier molecular flexibility index (Phi) is 12.1. The van der Waals surface area contributed by atoms with E-state index < -0.39 is 29.7 Å². The zero-order valence-electron chi connectivity index (χ0n) is 35.7. The Morgan fingerprint density at radius 3 is 1.75 bits per heavy atom. The molecule has 10 rings (SSSR count). The first-order chi connectivity index (χ1) is 31.1. The molecule has 12 heteroatoms. The van der Waals surface area contributed by atoms with Crippen molar-refractivity contribution in [2.45, 2.75) is 64.6 Å². The summed E-state index contributed by atoms with van der Waals surface area (Å²) < 4.78 is 11.2. The van der Waals surface area contributed by atoms with Crippen LogP contribution in [0.3, 0.4) is 0 Å². The van der Waals surface area contributed by atoms with Crippen LogP contribution >= 0.6 is 0 Å². The molecule has 64 heavy (non-hydrogen) atoms. The van der Waals surface area contributed by atoms with E-state index in [9.17, 15) is 24.0 Å². The minimum Gasteiger partial charge on any atom is -0.457 e. The van der Waals surface area contributed by atoms with Gasteiger partial charge in [-0.2, -0.15) is 0 Å². The van der Waals surface area contributed by atoms with Gasteiger partial charge in [-0.05, 0) is 116 Å². The Labute approximate surface area is 371 Å². The van der Waals surface area contributed by atoms with Crippen molar-refractivity contribution in [3.8, 4) is 0 Å². The van der Waals surface area contributed by atoms with Crippen LogP contribution in [-0.2, 0) is 27.5 Å². The van der Waals surface area contributed by atoms with Gasteiger partial charge in [0.25, 0.3) is 11.8 Å². The van der Waals surface area contributed by atoms with Gasteiger partial charge in [-0.15, -0.1) is 0 Å². The molecule has 326 valence electrons. The van der Waals surface area contributed by atoms with Gasteiger partial charge in [-0.3, -0.25) is 14.4 Å². The second-order valence-electron chi connectivity index (χ2n) is 17.9. The highest BCUT2D eigenvalue weighted by molar-refractivity contribution is 6.10. The summed E-state index contributed by atoms with van der Waals surface area (Å²) in [5.74, 6) is -0.873. The first kappa shape index (κ1) is 42.2. The van der Waals surface area contributed by atoms with Gasteiger partial charge >= 0.3 is 11.9 Å². The van der Waals surface area contributed by atoms with Crippen molar-refractivity contribution < 1.29 is 33.4 Å². The fourth-order valence-electron chi connectivity index (χ4n) is 10.5. The van der Waals surface area contributed by atoms with E-state index in [1.54, 1.807) is 36.4 Å². The topological polar surface area (TPSA) is 169 Å². The molecule has 0 saturated heterocycles. The smallest absolute Gasteiger partial charge is 0.338 e. The maximum Gasteiger partial charge on any atom is 0.338 e. The Balaban J connectivity index is 0.944. The lowest BCUT2D eigenvalue weighted by Gasteiger charge is -2.56. The van der Waals surface area contributed by atoms with Crippen LogP contribution in [0.4, 0.5) is 5.69 Å². The summed E-state index contributed by atoms with van der Waals surface area (Å²) in [4.78, 5) is 77.4. The van der Waals surface area contributed by atoms with Gasteiger partial charge in [0.15, 0.2) is 0 Å². The molecule has 4 saturated carbocycles. The van der Waals surface area contributed by atoms with E-state index >= 15 is 0 Å². The molecule has 6 aromatic rings.